The van der Waals surface area contributed by atoms with Crippen LogP contribution in [0.1, 0.15) is 10.4 Å². The molecule has 0 aromatic heterocycles. The molecule has 16 heavy (non-hydrogen) atoms. The maximum absolute atomic E-state index is 11.5. The van der Waals surface area contributed by atoms with E-state index >= 15 is 0 Å². The number of esters is 1. The molecule has 1 fully saturated rings. The van der Waals surface area contributed by atoms with E-state index in [1.807, 2.05) is 6.07 Å². The predicted octanol–water partition coefficient (Wildman–Crippen LogP) is 1.25. The number of hydrogen-bond donors (Lipinski definition) is 1. The van der Waals surface area contributed by atoms with E-state index < -0.39 is 5.44 Å². The van der Waals surface area contributed by atoms with Gasteiger partial charge in [-0.2, -0.15) is 0 Å². The zero-order valence-corrected chi connectivity index (χ0v) is 9.35. The average molecular weight is 240 g/mol. The summed E-state index contributed by atoms with van der Waals surface area (Å²) < 4.78 is 10.3. The molecule has 2 rings (SSSR count). The number of aliphatic hydroxyl groups excluding tert-OH is 1. The lowest BCUT2D eigenvalue weighted by Gasteiger charge is -2.09. The van der Waals surface area contributed by atoms with Crippen molar-refractivity contribution in [3.05, 3.63) is 35.9 Å². The second-order valence-corrected chi connectivity index (χ2v) is 4.66. The van der Waals surface area contributed by atoms with Gasteiger partial charge in [-0.15, -0.1) is 0 Å². The molecule has 0 amide bonds. The van der Waals surface area contributed by atoms with Crippen molar-refractivity contribution in [2.75, 3.05) is 13.2 Å². The van der Waals surface area contributed by atoms with Crippen LogP contribution < -0.4 is 0 Å². The van der Waals surface area contributed by atoms with Crippen LogP contribution in [0.3, 0.4) is 0 Å². The minimum atomic E-state index is -0.513. The molecular formula is C11H12O4S. The fourth-order valence-corrected chi connectivity index (χ4v) is 2.14. The normalized spacial score (nSPS) is 24.3. The van der Waals surface area contributed by atoms with Crippen LogP contribution in [-0.4, -0.2) is 35.2 Å². The molecule has 0 radical (unpaired) electrons. The van der Waals surface area contributed by atoms with E-state index in [2.05, 4.69) is 0 Å². The van der Waals surface area contributed by atoms with Crippen molar-refractivity contribution < 1.29 is 19.4 Å². The highest BCUT2D eigenvalue weighted by molar-refractivity contribution is 8.00. The number of carbonyl (C=O) groups is 1. The number of ether oxygens (including phenoxy) is 2. The molecule has 86 valence electrons. The average Bonchev–Trinajstić information content (AvgIpc) is 2.73. The first-order valence-corrected chi connectivity index (χ1v) is 5.87. The van der Waals surface area contributed by atoms with Crippen molar-refractivity contribution in [3.8, 4) is 0 Å². The van der Waals surface area contributed by atoms with Crippen LogP contribution in [0.15, 0.2) is 30.3 Å². The summed E-state index contributed by atoms with van der Waals surface area (Å²) in [6.07, 6.45) is 0. The molecule has 5 heteroatoms. The Hall–Kier alpha value is -1.04. The van der Waals surface area contributed by atoms with Crippen LogP contribution in [0.5, 0.6) is 0 Å². The van der Waals surface area contributed by atoms with E-state index in [0.29, 0.717) is 5.56 Å². The molecule has 4 nitrogen and oxygen atoms in total. The van der Waals surface area contributed by atoms with Gasteiger partial charge in [-0.3, -0.25) is 0 Å². The standard InChI is InChI=1S/C11H12O4S/c12-9-6-14-10(16-9)7-15-11(13)8-4-2-1-3-5-8/h1-5,9-10,12H,6-7H2. The van der Waals surface area contributed by atoms with E-state index in [9.17, 15) is 9.90 Å². The van der Waals surface area contributed by atoms with Gasteiger partial charge in [0.15, 0.2) is 0 Å². The second kappa shape index (κ2) is 5.34. The summed E-state index contributed by atoms with van der Waals surface area (Å²) in [6, 6.07) is 8.78. The highest BCUT2D eigenvalue weighted by Gasteiger charge is 2.25. The van der Waals surface area contributed by atoms with E-state index in [4.69, 9.17) is 9.47 Å². The lowest BCUT2D eigenvalue weighted by atomic mass is 10.2. The van der Waals surface area contributed by atoms with Crippen LogP contribution in [0, 0.1) is 0 Å². The predicted molar refractivity (Wildman–Crippen MR) is 60.1 cm³/mol. The molecule has 0 spiro atoms. The third kappa shape index (κ3) is 2.98. The highest BCUT2D eigenvalue weighted by Crippen LogP contribution is 2.25. The fourth-order valence-electron chi connectivity index (χ4n) is 1.33. The Bertz CT molecular complexity index is 354. The maximum atomic E-state index is 11.5. The molecule has 1 saturated heterocycles. The lowest BCUT2D eigenvalue weighted by molar-refractivity contribution is 0.0225. The van der Waals surface area contributed by atoms with Gasteiger partial charge < -0.3 is 14.6 Å². The summed E-state index contributed by atoms with van der Waals surface area (Å²) in [5.41, 5.74) is -0.255. The number of thioether (sulfide) groups is 1. The lowest BCUT2D eigenvalue weighted by Crippen LogP contribution is -2.15. The van der Waals surface area contributed by atoms with Crippen LogP contribution >= 0.6 is 11.8 Å². The summed E-state index contributed by atoms with van der Waals surface area (Å²) in [6.45, 7) is 0.452. The van der Waals surface area contributed by atoms with Crippen molar-refractivity contribution in [2.24, 2.45) is 0 Å². The minimum Gasteiger partial charge on any atom is -0.458 e. The Morgan fingerprint density at radius 2 is 2.25 bits per heavy atom. The molecule has 1 aromatic carbocycles. The molecule has 2 atom stereocenters. The van der Waals surface area contributed by atoms with Gasteiger partial charge in [-0.25, -0.2) is 4.79 Å². The SMILES string of the molecule is O=C(OCC1OCC(O)S1)c1ccccc1. The fraction of sp³-hybridized carbons (Fsp3) is 0.364. The van der Waals surface area contributed by atoms with E-state index in [1.54, 1.807) is 24.3 Å². The molecule has 1 aromatic rings. The van der Waals surface area contributed by atoms with E-state index in [1.165, 1.54) is 11.8 Å². The number of hydrogen-bond acceptors (Lipinski definition) is 5. The Balaban J connectivity index is 1.80. The number of rotatable bonds is 3. The Kier molecular flexibility index (Phi) is 3.82. The molecule has 0 bridgehead atoms. The van der Waals surface area contributed by atoms with Crippen molar-refractivity contribution in [2.45, 2.75) is 10.9 Å². The third-order valence-corrected chi connectivity index (χ3v) is 3.12. The van der Waals surface area contributed by atoms with Crippen LogP contribution in [0.2, 0.25) is 0 Å². The first-order chi connectivity index (χ1) is 7.75. The van der Waals surface area contributed by atoms with Gasteiger partial charge in [0.05, 0.1) is 12.2 Å². The minimum absolute atomic E-state index is 0.162. The first kappa shape index (κ1) is 11.4. The summed E-state index contributed by atoms with van der Waals surface area (Å²) >= 11 is 1.26. The number of aliphatic hydroxyl groups is 1. The largest absolute Gasteiger partial charge is 0.458 e. The van der Waals surface area contributed by atoms with Gasteiger partial charge in [0, 0.05) is 0 Å². The Labute approximate surface area is 97.6 Å². The van der Waals surface area contributed by atoms with Gasteiger partial charge in [0.1, 0.15) is 17.5 Å². The zero-order chi connectivity index (χ0) is 11.4. The smallest absolute Gasteiger partial charge is 0.338 e. The van der Waals surface area contributed by atoms with Crippen LogP contribution in [0.25, 0.3) is 0 Å². The van der Waals surface area contributed by atoms with Crippen LogP contribution in [0.4, 0.5) is 0 Å². The third-order valence-electron chi connectivity index (χ3n) is 2.09. The van der Waals surface area contributed by atoms with Crippen molar-refractivity contribution in [1.82, 2.24) is 0 Å². The van der Waals surface area contributed by atoms with Crippen molar-refractivity contribution in [3.63, 3.8) is 0 Å². The van der Waals surface area contributed by atoms with Gasteiger partial charge in [0.2, 0.25) is 0 Å². The summed E-state index contributed by atoms with van der Waals surface area (Å²) in [7, 11) is 0. The quantitative estimate of drug-likeness (QED) is 0.806. The molecule has 1 aliphatic rings. The molecule has 0 aliphatic carbocycles. The monoisotopic (exact) mass is 240 g/mol. The van der Waals surface area contributed by atoms with Crippen LogP contribution in [-0.2, 0) is 9.47 Å². The number of benzene rings is 1. The van der Waals surface area contributed by atoms with Gasteiger partial charge >= 0.3 is 5.97 Å². The van der Waals surface area contributed by atoms with E-state index in [-0.39, 0.29) is 24.6 Å². The maximum Gasteiger partial charge on any atom is 0.338 e. The zero-order valence-electron chi connectivity index (χ0n) is 8.54. The topological polar surface area (TPSA) is 55.8 Å². The van der Waals surface area contributed by atoms with E-state index in [0.717, 1.165) is 0 Å². The van der Waals surface area contributed by atoms with Crippen molar-refractivity contribution in [1.29, 1.82) is 0 Å². The second-order valence-electron chi connectivity index (χ2n) is 3.32. The van der Waals surface area contributed by atoms with Gasteiger partial charge in [-0.1, -0.05) is 30.0 Å². The van der Waals surface area contributed by atoms with Gasteiger partial charge in [-0.05, 0) is 12.1 Å². The highest BCUT2D eigenvalue weighted by atomic mass is 32.2. The molecule has 0 saturated carbocycles. The number of carbonyl (C=O) groups excluding carboxylic acids is 1. The van der Waals surface area contributed by atoms with Gasteiger partial charge in [0.25, 0.3) is 0 Å². The first-order valence-electron chi connectivity index (χ1n) is 4.93. The molecule has 2 unspecified atom stereocenters. The summed E-state index contributed by atoms with van der Waals surface area (Å²) in [5, 5.41) is 9.18. The Morgan fingerprint density at radius 3 is 2.88 bits per heavy atom. The molecular weight excluding hydrogens is 228 g/mol. The molecule has 1 aliphatic heterocycles. The molecule has 1 N–H and O–H groups in total. The summed E-state index contributed by atoms with van der Waals surface area (Å²) in [4.78, 5) is 11.5. The summed E-state index contributed by atoms with van der Waals surface area (Å²) in [5.74, 6) is -0.369. The van der Waals surface area contributed by atoms with Crippen molar-refractivity contribution >= 4 is 17.7 Å². The molecule has 1 heterocycles. The Morgan fingerprint density at radius 1 is 1.50 bits per heavy atom.